The van der Waals surface area contributed by atoms with Crippen LogP contribution in [0.3, 0.4) is 0 Å². The summed E-state index contributed by atoms with van der Waals surface area (Å²) >= 11 is 0. The maximum Gasteiger partial charge on any atom is 0.261 e. The second-order valence-corrected chi connectivity index (χ2v) is 4.56. The molecular formula is C10H15NO3. The van der Waals surface area contributed by atoms with Gasteiger partial charge in [0.2, 0.25) is 0 Å². The van der Waals surface area contributed by atoms with Crippen LogP contribution in [0.5, 0.6) is 0 Å². The summed E-state index contributed by atoms with van der Waals surface area (Å²) < 4.78 is 0. The first-order chi connectivity index (χ1) is 6.25. The molecule has 1 aliphatic rings. The average Bonchev–Trinajstić information content (AvgIpc) is 2.24. The average molecular weight is 197 g/mol. The van der Waals surface area contributed by atoms with Crippen molar-refractivity contribution in [3.8, 4) is 0 Å². The summed E-state index contributed by atoms with van der Waals surface area (Å²) in [6, 6.07) is 0. The Morgan fingerprint density at radius 1 is 1.36 bits per heavy atom. The number of aliphatic hydroxyl groups excluding tert-OH is 1. The van der Waals surface area contributed by atoms with E-state index in [1.54, 1.807) is 27.8 Å². The molecule has 0 spiro atoms. The van der Waals surface area contributed by atoms with Crippen molar-refractivity contribution in [2.75, 3.05) is 13.6 Å². The van der Waals surface area contributed by atoms with Gasteiger partial charge in [-0.2, -0.15) is 0 Å². The normalized spacial score (nSPS) is 21.9. The maximum atomic E-state index is 11.5. The molecule has 0 unspecified atom stereocenters. The van der Waals surface area contributed by atoms with Crippen LogP contribution in [0.1, 0.15) is 20.8 Å². The van der Waals surface area contributed by atoms with Crippen molar-refractivity contribution in [1.29, 1.82) is 0 Å². The van der Waals surface area contributed by atoms with Gasteiger partial charge in [-0.15, -0.1) is 0 Å². The summed E-state index contributed by atoms with van der Waals surface area (Å²) in [6.45, 7) is 5.34. The van der Waals surface area contributed by atoms with E-state index in [4.69, 9.17) is 0 Å². The summed E-state index contributed by atoms with van der Waals surface area (Å²) in [4.78, 5) is 24.2. The highest BCUT2D eigenvalue weighted by atomic mass is 16.3. The number of amides is 1. The third kappa shape index (κ3) is 1.64. The molecule has 1 rings (SSSR count). The van der Waals surface area contributed by atoms with Crippen LogP contribution >= 0.6 is 0 Å². The highest BCUT2D eigenvalue weighted by Crippen LogP contribution is 2.28. The van der Waals surface area contributed by atoms with E-state index >= 15 is 0 Å². The van der Waals surface area contributed by atoms with Crippen LogP contribution < -0.4 is 0 Å². The summed E-state index contributed by atoms with van der Waals surface area (Å²) in [5.41, 5.74) is -0.619. The molecule has 4 nitrogen and oxygen atoms in total. The third-order valence-corrected chi connectivity index (χ3v) is 2.17. The first kappa shape index (κ1) is 10.8. The lowest BCUT2D eigenvalue weighted by molar-refractivity contribution is -0.123. The Kier molecular flexibility index (Phi) is 2.39. The fourth-order valence-corrected chi connectivity index (χ4v) is 1.28. The molecule has 0 aromatic heterocycles. The van der Waals surface area contributed by atoms with E-state index < -0.39 is 5.41 Å². The number of carbonyl (C=O) groups is 2. The number of nitrogens with zero attached hydrogens (tertiary/aromatic N) is 1. The summed E-state index contributed by atoms with van der Waals surface area (Å²) in [5, 5.41) is 9.76. The molecule has 0 saturated carbocycles. The zero-order chi connectivity index (χ0) is 11.1. The standard InChI is InChI=1S/C10H15NO3/c1-10(2,3)8(13)7-6(12)5-11(4)9(7)14/h13H,5H2,1-4H3/b8-7-. The van der Waals surface area contributed by atoms with Gasteiger partial charge in [-0.25, -0.2) is 0 Å². The predicted octanol–water partition coefficient (Wildman–Crippen LogP) is 0.886. The number of carbonyl (C=O) groups excluding carboxylic acids is 2. The monoisotopic (exact) mass is 197 g/mol. The van der Waals surface area contributed by atoms with Gasteiger partial charge >= 0.3 is 0 Å². The Balaban J connectivity index is 3.21. The highest BCUT2D eigenvalue weighted by Gasteiger charge is 2.37. The minimum absolute atomic E-state index is 0.0556. The molecule has 4 heteroatoms. The molecule has 0 aromatic carbocycles. The number of likely N-dealkylation sites (tertiary alicyclic amines) is 1. The van der Waals surface area contributed by atoms with Crippen molar-refractivity contribution in [3.63, 3.8) is 0 Å². The quantitative estimate of drug-likeness (QED) is 0.356. The molecule has 1 amide bonds. The summed E-state index contributed by atoms with van der Waals surface area (Å²) in [6.07, 6.45) is 0. The van der Waals surface area contributed by atoms with Crippen LogP contribution in [0.15, 0.2) is 11.3 Å². The van der Waals surface area contributed by atoms with Gasteiger partial charge in [0, 0.05) is 12.5 Å². The number of rotatable bonds is 0. The van der Waals surface area contributed by atoms with Crippen LogP contribution in [0, 0.1) is 5.41 Å². The van der Waals surface area contributed by atoms with E-state index in [-0.39, 0.29) is 29.6 Å². The minimum Gasteiger partial charge on any atom is -0.511 e. The third-order valence-electron chi connectivity index (χ3n) is 2.17. The van der Waals surface area contributed by atoms with E-state index in [1.807, 2.05) is 0 Å². The molecule has 0 aliphatic carbocycles. The van der Waals surface area contributed by atoms with Crippen molar-refractivity contribution < 1.29 is 14.7 Å². The fourth-order valence-electron chi connectivity index (χ4n) is 1.28. The Morgan fingerprint density at radius 3 is 2.14 bits per heavy atom. The first-order valence-corrected chi connectivity index (χ1v) is 4.47. The molecule has 1 heterocycles. The fraction of sp³-hybridized carbons (Fsp3) is 0.600. The summed E-state index contributed by atoms with van der Waals surface area (Å²) in [7, 11) is 1.54. The number of Topliss-reactive ketones (excluding diaryl/α,β-unsaturated/α-hetero) is 1. The van der Waals surface area contributed by atoms with Crippen LogP contribution in [-0.4, -0.2) is 35.3 Å². The topological polar surface area (TPSA) is 57.6 Å². The van der Waals surface area contributed by atoms with Crippen LogP contribution in [0.25, 0.3) is 0 Å². The molecule has 0 aromatic rings. The van der Waals surface area contributed by atoms with Gasteiger partial charge in [0.15, 0.2) is 5.78 Å². The second kappa shape index (κ2) is 3.12. The number of hydrogen-bond donors (Lipinski definition) is 1. The van der Waals surface area contributed by atoms with Crippen LogP contribution in [-0.2, 0) is 9.59 Å². The number of aliphatic hydroxyl groups is 1. The van der Waals surface area contributed by atoms with Gasteiger partial charge in [-0.1, -0.05) is 20.8 Å². The van der Waals surface area contributed by atoms with E-state index in [9.17, 15) is 14.7 Å². The number of allylic oxidation sites excluding steroid dienone is 1. The number of likely N-dealkylation sites (N-methyl/N-ethyl adjacent to an activating group) is 1. The molecule has 0 radical (unpaired) electrons. The zero-order valence-electron chi connectivity index (χ0n) is 8.92. The van der Waals surface area contributed by atoms with E-state index in [0.29, 0.717) is 0 Å². The van der Waals surface area contributed by atoms with Gasteiger partial charge < -0.3 is 10.0 Å². The lowest BCUT2D eigenvalue weighted by Crippen LogP contribution is -2.21. The second-order valence-electron chi connectivity index (χ2n) is 4.56. The van der Waals surface area contributed by atoms with Gasteiger partial charge in [0.05, 0.1) is 6.54 Å². The Hall–Kier alpha value is -1.32. The highest BCUT2D eigenvalue weighted by molar-refractivity contribution is 6.25. The molecule has 1 N–H and O–H groups in total. The molecule has 0 atom stereocenters. The Morgan fingerprint density at radius 2 is 1.86 bits per heavy atom. The molecular weight excluding hydrogens is 182 g/mol. The number of ketones is 1. The van der Waals surface area contributed by atoms with Gasteiger partial charge in [-0.3, -0.25) is 9.59 Å². The molecule has 14 heavy (non-hydrogen) atoms. The number of hydrogen-bond acceptors (Lipinski definition) is 3. The van der Waals surface area contributed by atoms with Crippen molar-refractivity contribution in [2.24, 2.45) is 5.41 Å². The van der Waals surface area contributed by atoms with E-state index in [2.05, 4.69) is 0 Å². The van der Waals surface area contributed by atoms with Crippen molar-refractivity contribution >= 4 is 11.7 Å². The van der Waals surface area contributed by atoms with Gasteiger partial charge in [0.1, 0.15) is 11.3 Å². The van der Waals surface area contributed by atoms with Crippen molar-refractivity contribution in [1.82, 2.24) is 4.90 Å². The Labute approximate surface area is 83.2 Å². The lowest BCUT2D eigenvalue weighted by atomic mass is 9.90. The van der Waals surface area contributed by atoms with Crippen LogP contribution in [0.4, 0.5) is 0 Å². The van der Waals surface area contributed by atoms with E-state index in [1.165, 1.54) is 4.90 Å². The van der Waals surface area contributed by atoms with Crippen LogP contribution in [0.2, 0.25) is 0 Å². The van der Waals surface area contributed by atoms with Gasteiger partial charge in [-0.05, 0) is 0 Å². The SMILES string of the molecule is CN1CC(=O)/C(=C(/O)C(C)(C)C)C1=O. The van der Waals surface area contributed by atoms with Crippen molar-refractivity contribution in [2.45, 2.75) is 20.8 Å². The van der Waals surface area contributed by atoms with Crippen molar-refractivity contribution in [3.05, 3.63) is 11.3 Å². The molecule has 1 saturated heterocycles. The lowest BCUT2D eigenvalue weighted by Gasteiger charge is -2.18. The first-order valence-electron chi connectivity index (χ1n) is 4.47. The molecule has 78 valence electrons. The largest absolute Gasteiger partial charge is 0.511 e. The van der Waals surface area contributed by atoms with Gasteiger partial charge in [0.25, 0.3) is 5.91 Å². The minimum atomic E-state index is -0.564. The maximum absolute atomic E-state index is 11.5. The van der Waals surface area contributed by atoms with E-state index in [0.717, 1.165) is 0 Å². The molecule has 1 fully saturated rings. The zero-order valence-corrected chi connectivity index (χ0v) is 8.92. The molecule has 1 aliphatic heterocycles. The summed E-state index contributed by atoms with van der Waals surface area (Å²) in [5.74, 6) is -0.802. The Bertz CT molecular complexity index is 323. The predicted molar refractivity (Wildman–Crippen MR) is 51.8 cm³/mol. The smallest absolute Gasteiger partial charge is 0.261 e. The molecule has 0 bridgehead atoms.